The second-order valence-corrected chi connectivity index (χ2v) is 3.31. The van der Waals surface area contributed by atoms with Crippen LogP contribution in [0.4, 0.5) is 0 Å². The Balaban J connectivity index is 2.01. The zero-order valence-electron chi connectivity index (χ0n) is 6.71. The summed E-state index contributed by atoms with van der Waals surface area (Å²) >= 11 is 0. The lowest BCUT2D eigenvalue weighted by Crippen LogP contribution is -2.32. The van der Waals surface area contributed by atoms with Gasteiger partial charge in [-0.1, -0.05) is 12.2 Å². The molecule has 1 saturated heterocycles. The number of rotatable bonds is 0. The average Bonchev–Trinajstić information content (AvgIpc) is 2.32. The van der Waals surface area contributed by atoms with Crippen molar-refractivity contribution in [1.29, 1.82) is 0 Å². The van der Waals surface area contributed by atoms with E-state index in [-0.39, 0.29) is 5.60 Å². The quantitative estimate of drug-likeness (QED) is 0.492. The van der Waals surface area contributed by atoms with Crippen molar-refractivity contribution in [3.05, 3.63) is 12.2 Å². The van der Waals surface area contributed by atoms with E-state index in [1.54, 1.807) is 0 Å². The van der Waals surface area contributed by atoms with Gasteiger partial charge in [-0.3, -0.25) is 0 Å². The van der Waals surface area contributed by atoms with E-state index in [1.165, 1.54) is 0 Å². The molecule has 2 aliphatic heterocycles. The van der Waals surface area contributed by atoms with Crippen molar-refractivity contribution >= 4 is 0 Å². The van der Waals surface area contributed by atoms with Crippen molar-refractivity contribution in [1.82, 2.24) is 0 Å². The van der Waals surface area contributed by atoms with Gasteiger partial charge in [0.2, 0.25) is 0 Å². The topological polar surface area (TPSA) is 18.5 Å². The Labute approximate surface area is 67.2 Å². The van der Waals surface area contributed by atoms with Crippen LogP contribution < -0.4 is 0 Å². The molecule has 2 heterocycles. The van der Waals surface area contributed by atoms with E-state index in [0.717, 1.165) is 39.1 Å². The first-order valence-corrected chi connectivity index (χ1v) is 4.28. The molecular formula is C9H14O2. The maximum atomic E-state index is 5.74. The number of hydrogen-bond acceptors (Lipinski definition) is 2. The fourth-order valence-corrected chi connectivity index (χ4v) is 1.73. The lowest BCUT2D eigenvalue weighted by Gasteiger charge is -2.25. The van der Waals surface area contributed by atoms with Crippen LogP contribution in [-0.2, 0) is 9.47 Å². The van der Waals surface area contributed by atoms with E-state index in [4.69, 9.17) is 9.47 Å². The van der Waals surface area contributed by atoms with Crippen molar-refractivity contribution in [2.24, 2.45) is 0 Å². The van der Waals surface area contributed by atoms with E-state index < -0.39 is 0 Å². The molecule has 2 nitrogen and oxygen atoms in total. The first kappa shape index (κ1) is 7.32. The highest BCUT2D eigenvalue weighted by molar-refractivity contribution is 4.94. The van der Waals surface area contributed by atoms with Gasteiger partial charge in [0.05, 0.1) is 18.8 Å². The molecule has 1 atom stereocenters. The third kappa shape index (κ3) is 1.47. The first-order valence-electron chi connectivity index (χ1n) is 4.28. The van der Waals surface area contributed by atoms with Gasteiger partial charge >= 0.3 is 0 Å². The molecule has 0 amide bonds. The second-order valence-electron chi connectivity index (χ2n) is 3.31. The van der Waals surface area contributed by atoms with Crippen LogP contribution in [0.25, 0.3) is 0 Å². The molecule has 0 N–H and O–H groups in total. The lowest BCUT2D eigenvalue weighted by molar-refractivity contribution is -0.0378. The molecule has 0 aromatic carbocycles. The van der Waals surface area contributed by atoms with Crippen LogP contribution in [0.3, 0.4) is 0 Å². The molecule has 1 spiro atoms. The van der Waals surface area contributed by atoms with Crippen molar-refractivity contribution in [2.75, 3.05) is 19.8 Å². The molecule has 2 rings (SSSR count). The van der Waals surface area contributed by atoms with E-state index >= 15 is 0 Å². The predicted molar refractivity (Wildman–Crippen MR) is 42.5 cm³/mol. The molecule has 0 saturated carbocycles. The molecule has 62 valence electrons. The van der Waals surface area contributed by atoms with Gasteiger partial charge in [0, 0.05) is 13.0 Å². The average molecular weight is 154 g/mol. The van der Waals surface area contributed by atoms with Crippen molar-refractivity contribution in [2.45, 2.75) is 24.9 Å². The smallest absolute Gasteiger partial charge is 0.0943 e. The van der Waals surface area contributed by atoms with Crippen molar-refractivity contribution < 1.29 is 9.47 Å². The molecule has 2 aliphatic rings. The van der Waals surface area contributed by atoms with Crippen LogP contribution in [0.5, 0.6) is 0 Å². The summed E-state index contributed by atoms with van der Waals surface area (Å²) in [6.07, 6.45) is 7.65. The molecule has 2 heteroatoms. The normalized spacial score (nSPS) is 37.8. The van der Waals surface area contributed by atoms with Crippen LogP contribution >= 0.6 is 0 Å². The maximum absolute atomic E-state index is 5.74. The maximum Gasteiger partial charge on any atom is 0.0943 e. The summed E-state index contributed by atoms with van der Waals surface area (Å²) in [5, 5.41) is 0. The predicted octanol–water partition coefficient (Wildman–Crippen LogP) is 1.51. The minimum atomic E-state index is 0.0729. The van der Waals surface area contributed by atoms with Gasteiger partial charge < -0.3 is 9.47 Å². The first-order chi connectivity index (χ1) is 5.41. The highest BCUT2D eigenvalue weighted by Crippen LogP contribution is 2.29. The largest absolute Gasteiger partial charge is 0.378 e. The van der Waals surface area contributed by atoms with Crippen molar-refractivity contribution in [3.63, 3.8) is 0 Å². The van der Waals surface area contributed by atoms with Gasteiger partial charge in [-0.25, -0.2) is 0 Å². The summed E-state index contributed by atoms with van der Waals surface area (Å²) in [4.78, 5) is 0. The third-order valence-electron chi connectivity index (χ3n) is 2.49. The SMILES string of the molecule is C1=CCO[C@]2(CC1)CCOC2. The van der Waals surface area contributed by atoms with Gasteiger partial charge in [-0.2, -0.15) is 0 Å². The molecule has 1 fully saturated rings. The van der Waals surface area contributed by atoms with E-state index in [1.807, 2.05) is 0 Å². The Kier molecular flexibility index (Phi) is 1.96. The zero-order valence-corrected chi connectivity index (χ0v) is 6.71. The second kappa shape index (κ2) is 2.95. The van der Waals surface area contributed by atoms with Crippen LogP contribution in [0.2, 0.25) is 0 Å². The molecule has 0 radical (unpaired) electrons. The zero-order chi connectivity index (χ0) is 7.57. The highest BCUT2D eigenvalue weighted by Gasteiger charge is 2.35. The summed E-state index contributed by atoms with van der Waals surface area (Å²) < 4.78 is 11.1. The van der Waals surface area contributed by atoms with E-state index in [2.05, 4.69) is 12.2 Å². The molecule has 0 aliphatic carbocycles. The Morgan fingerprint density at radius 3 is 3.00 bits per heavy atom. The Morgan fingerprint density at radius 1 is 1.18 bits per heavy atom. The molecule has 0 bridgehead atoms. The lowest BCUT2D eigenvalue weighted by atomic mass is 9.97. The molecule has 0 aromatic heterocycles. The van der Waals surface area contributed by atoms with Crippen LogP contribution in [-0.4, -0.2) is 25.4 Å². The van der Waals surface area contributed by atoms with Crippen LogP contribution in [0.15, 0.2) is 12.2 Å². The van der Waals surface area contributed by atoms with Gasteiger partial charge in [-0.15, -0.1) is 0 Å². The number of hydrogen-bond donors (Lipinski definition) is 0. The monoisotopic (exact) mass is 154 g/mol. The number of ether oxygens (including phenoxy) is 2. The van der Waals surface area contributed by atoms with Crippen LogP contribution in [0, 0.1) is 0 Å². The minimum Gasteiger partial charge on any atom is -0.378 e. The fraction of sp³-hybridized carbons (Fsp3) is 0.778. The van der Waals surface area contributed by atoms with Gasteiger partial charge in [0.25, 0.3) is 0 Å². The fourth-order valence-electron chi connectivity index (χ4n) is 1.73. The summed E-state index contributed by atoms with van der Waals surface area (Å²) in [5.41, 5.74) is 0.0729. The Morgan fingerprint density at radius 2 is 2.18 bits per heavy atom. The van der Waals surface area contributed by atoms with Gasteiger partial charge in [0.15, 0.2) is 0 Å². The standard InChI is InChI=1S/C9H14O2/c1-2-4-9(11-6-3-1)5-7-10-8-9/h1,3H,2,4-8H2/t9-/m1/s1. The number of allylic oxidation sites excluding steroid dienone is 1. The van der Waals surface area contributed by atoms with Gasteiger partial charge in [0.1, 0.15) is 0 Å². The highest BCUT2D eigenvalue weighted by atomic mass is 16.6. The minimum absolute atomic E-state index is 0.0729. The van der Waals surface area contributed by atoms with Crippen molar-refractivity contribution in [3.8, 4) is 0 Å². The molecule has 0 unspecified atom stereocenters. The Bertz CT molecular complexity index is 145. The summed E-state index contributed by atoms with van der Waals surface area (Å²) in [5.74, 6) is 0. The van der Waals surface area contributed by atoms with E-state index in [9.17, 15) is 0 Å². The van der Waals surface area contributed by atoms with Crippen LogP contribution in [0.1, 0.15) is 19.3 Å². The summed E-state index contributed by atoms with van der Waals surface area (Å²) in [7, 11) is 0. The third-order valence-corrected chi connectivity index (χ3v) is 2.49. The summed E-state index contributed by atoms with van der Waals surface area (Å²) in [6.45, 7) is 2.44. The molecular weight excluding hydrogens is 140 g/mol. The molecule has 11 heavy (non-hydrogen) atoms. The molecule has 0 aromatic rings. The van der Waals surface area contributed by atoms with E-state index in [0.29, 0.717) is 0 Å². The van der Waals surface area contributed by atoms with Gasteiger partial charge in [-0.05, 0) is 12.8 Å². The summed E-state index contributed by atoms with van der Waals surface area (Å²) in [6, 6.07) is 0. The Hall–Kier alpha value is -0.340.